The van der Waals surface area contributed by atoms with Crippen LogP contribution < -0.4 is 5.11 Å². The second-order valence-corrected chi connectivity index (χ2v) is 6.28. The highest BCUT2D eigenvalue weighted by Crippen LogP contribution is 2.09. The molecule has 0 aromatic carbocycles. The fraction of sp³-hybridized carbons (Fsp3) is 0.750. The van der Waals surface area contributed by atoms with E-state index in [-0.39, 0.29) is 5.76 Å². The lowest BCUT2D eigenvalue weighted by Crippen LogP contribution is -2.40. The number of rotatable bonds is 4. The smallest absolute Gasteiger partial charge is 0.427 e. The van der Waals surface area contributed by atoms with Gasteiger partial charge in [0.05, 0.1) is 27.2 Å². The molecule has 0 amide bonds. The SMILES string of the molecule is CC1=CC([O-])=NS(=O)(=O)O1.CCC[N+](C)(C)CCC. The second kappa shape index (κ2) is 7.49. The first-order chi connectivity index (χ1) is 8.62. The quantitative estimate of drug-likeness (QED) is 0.718. The molecular formula is C12H24N2O4S. The topological polar surface area (TPSA) is 78.8 Å². The third-order valence-electron chi connectivity index (χ3n) is 2.42. The minimum atomic E-state index is -3.97. The molecule has 0 aliphatic carbocycles. The summed E-state index contributed by atoms with van der Waals surface area (Å²) in [6, 6.07) is 0. The summed E-state index contributed by atoms with van der Waals surface area (Å²) >= 11 is 0. The van der Waals surface area contributed by atoms with E-state index in [1.54, 1.807) is 0 Å². The van der Waals surface area contributed by atoms with Crippen LogP contribution in [-0.4, -0.2) is 46.0 Å². The zero-order valence-corrected chi connectivity index (χ0v) is 13.2. The molecule has 0 aromatic rings. The molecular weight excluding hydrogens is 268 g/mol. The molecule has 0 radical (unpaired) electrons. The molecule has 1 aliphatic rings. The molecule has 0 atom stereocenters. The van der Waals surface area contributed by atoms with Crippen molar-refractivity contribution in [3.63, 3.8) is 0 Å². The number of nitrogens with zero attached hydrogens (tertiary/aromatic N) is 2. The molecule has 0 unspecified atom stereocenters. The Morgan fingerprint density at radius 3 is 2.05 bits per heavy atom. The van der Waals surface area contributed by atoms with E-state index in [0.717, 1.165) is 6.08 Å². The van der Waals surface area contributed by atoms with E-state index in [2.05, 4.69) is 36.5 Å². The third kappa shape index (κ3) is 8.61. The Labute approximate surface area is 116 Å². The van der Waals surface area contributed by atoms with Gasteiger partial charge in [-0.2, -0.15) is 8.42 Å². The van der Waals surface area contributed by atoms with E-state index in [9.17, 15) is 13.5 Å². The van der Waals surface area contributed by atoms with Crippen LogP contribution in [0.1, 0.15) is 33.6 Å². The molecule has 0 saturated carbocycles. The first-order valence-electron chi connectivity index (χ1n) is 6.33. The predicted molar refractivity (Wildman–Crippen MR) is 73.6 cm³/mol. The Kier molecular flexibility index (Phi) is 7.07. The van der Waals surface area contributed by atoms with Crippen LogP contribution in [0.25, 0.3) is 0 Å². The van der Waals surface area contributed by atoms with Crippen molar-refractivity contribution in [2.45, 2.75) is 33.6 Å². The van der Waals surface area contributed by atoms with Crippen LogP contribution in [0.3, 0.4) is 0 Å². The fourth-order valence-electron chi connectivity index (χ4n) is 1.84. The van der Waals surface area contributed by atoms with Crippen LogP contribution in [0.15, 0.2) is 16.2 Å². The van der Waals surface area contributed by atoms with E-state index in [0.29, 0.717) is 0 Å². The van der Waals surface area contributed by atoms with Crippen LogP contribution in [-0.2, 0) is 14.5 Å². The third-order valence-corrected chi connectivity index (χ3v) is 3.30. The lowest BCUT2D eigenvalue weighted by molar-refractivity contribution is -0.890. The van der Waals surface area contributed by atoms with Gasteiger partial charge in [0.15, 0.2) is 0 Å². The molecule has 6 nitrogen and oxygen atoms in total. The summed E-state index contributed by atoms with van der Waals surface area (Å²) in [5, 5.41) is 10.4. The van der Waals surface area contributed by atoms with Crippen LogP contribution in [0.4, 0.5) is 0 Å². The van der Waals surface area contributed by atoms with Crippen molar-refractivity contribution in [3.8, 4) is 0 Å². The molecule has 1 rings (SSSR count). The fourth-order valence-corrected chi connectivity index (χ4v) is 2.53. The lowest BCUT2D eigenvalue weighted by Gasteiger charge is -2.28. The second-order valence-electron chi connectivity index (χ2n) is 5.08. The van der Waals surface area contributed by atoms with Crippen LogP contribution >= 0.6 is 0 Å². The number of hydrogen-bond acceptors (Lipinski definition) is 4. The van der Waals surface area contributed by atoms with Gasteiger partial charge in [-0.3, -0.25) is 0 Å². The highest BCUT2D eigenvalue weighted by Gasteiger charge is 2.12. The number of quaternary nitrogens is 1. The Bertz CT molecular complexity index is 431. The van der Waals surface area contributed by atoms with E-state index in [1.807, 2.05) is 0 Å². The lowest BCUT2D eigenvalue weighted by atomic mass is 10.3. The first-order valence-corrected chi connectivity index (χ1v) is 7.70. The van der Waals surface area contributed by atoms with Crippen molar-refractivity contribution in [3.05, 3.63) is 11.8 Å². The highest BCUT2D eigenvalue weighted by atomic mass is 32.2. The summed E-state index contributed by atoms with van der Waals surface area (Å²) in [7, 11) is 0.623. The van der Waals surface area contributed by atoms with Gasteiger partial charge in [-0.15, -0.1) is 4.40 Å². The summed E-state index contributed by atoms with van der Waals surface area (Å²) in [6.45, 7) is 8.48. The number of allylic oxidation sites excluding steroid dienone is 1. The molecule has 0 bridgehead atoms. The first kappa shape index (κ1) is 17.9. The zero-order chi connectivity index (χ0) is 15.1. The maximum atomic E-state index is 10.4. The Morgan fingerprint density at radius 2 is 1.74 bits per heavy atom. The van der Waals surface area contributed by atoms with Crippen LogP contribution in [0.5, 0.6) is 0 Å². The van der Waals surface area contributed by atoms with Crippen LogP contribution in [0, 0.1) is 0 Å². The largest absolute Gasteiger partial charge is 0.858 e. The van der Waals surface area contributed by atoms with Gasteiger partial charge in [0.1, 0.15) is 5.76 Å². The molecule has 0 spiro atoms. The predicted octanol–water partition coefficient (Wildman–Crippen LogP) is 0.807. The van der Waals surface area contributed by atoms with Gasteiger partial charge in [0.2, 0.25) is 0 Å². The van der Waals surface area contributed by atoms with Gasteiger partial charge >= 0.3 is 10.3 Å². The van der Waals surface area contributed by atoms with E-state index < -0.39 is 16.2 Å². The molecule has 112 valence electrons. The summed E-state index contributed by atoms with van der Waals surface area (Å²) < 4.78 is 28.9. The summed E-state index contributed by atoms with van der Waals surface area (Å²) in [5.74, 6) is -0.760. The molecule has 1 heterocycles. The van der Waals surface area contributed by atoms with Crippen molar-refractivity contribution in [1.29, 1.82) is 0 Å². The van der Waals surface area contributed by atoms with Crippen molar-refractivity contribution in [1.82, 2.24) is 0 Å². The Hall–Kier alpha value is -1.08. The van der Waals surface area contributed by atoms with Crippen LogP contribution in [0.2, 0.25) is 0 Å². The zero-order valence-electron chi connectivity index (χ0n) is 12.3. The van der Waals surface area contributed by atoms with Crippen molar-refractivity contribution < 1.29 is 22.2 Å². The van der Waals surface area contributed by atoms with E-state index >= 15 is 0 Å². The molecule has 1 aliphatic heterocycles. The average Bonchev–Trinajstić information content (AvgIpc) is 2.13. The molecule has 19 heavy (non-hydrogen) atoms. The maximum absolute atomic E-state index is 10.4. The van der Waals surface area contributed by atoms with Gasteiger partial charge in [-0.25, -0.2) is 0 Å². The summed E-state index contributed by atoms with van der Waals surface area (Å²) in [4.78, 5) is 0. The van der Waals surface area contributed by atoms with Gasteiger partial charge in [0.25, 0.3) is 0 Å². The van der Waals surface area contributed by atoms with Crippen molar-refractivity contribution in [2.75, 3.05) is 27.2 Å². The Balaban J connectivity index is 0.000000344. The highest BCUT2D eigenvalue weighted by molar-refractivity contribution is 7.85. The molecule has 0 N–H and O–H groups in total. The van der Waals surface area contributed by atoms with Crippen molar-refractivity contribution >= 4 is 16.2 Å². The monoisotopic (exact) mass is 292 g/mol. The summed E-state index contributed by atoms with van der Waals surface area (Å²) in [6.07, 6.45) is 3.60. The summed E-state index contributed by atoms with van der Waals surface area (Å²) in [5.41, 5.74) is 0. The van der Waals surface area contributed by atoms with Gasteiger partial charge in [-0.05, 0) is 25.8 Å². The van der Waals surface area contributed by atoms with E-state index in [1.165, 1.54) is 37.3 Å². The standard InChI is InChI=1S/C8H20N.C4H5NO4S/c1-5-7-9(3,4)8-6-2;1-3-2-4(6)5-10(7,8)9-3/h5-8H2,1-4H3;2H,1H3,(H,5,6)/q+1;/p-1. The molecule has 7 heteroatoms. The van der Waals surface area contributed by atoms with Gasteiger partial charge < -0.3 is 13.8 Å². The molecule has 0 saturated heterocycles. The molecule has 0 fully saturated rings. The normalized spacial score (nSPS) is 17.5. The number of hydrogen-bond donors (Lipinski definition) is 0. The Morgan fingerprint density at radius 1 is 1.26 bits per heavy atom. The van der Waals surface area contributed by atoms with Gasteiger partial charge in [-0.1, -0.05) is 13.8 Å². The van der Waals surface area contributed by atoms with Gasteiger partial charge in [0, 0.05) is 5.90 Å². The molecule has 0 aromatic heterocycles. The average molecular weight is 292 g/mol. The minimum Gasteiger partial charge on any atom is -0.858 e. The maximum Gasteiger partial charge on any atom is 0.427 e. The van der Waals surface area contributed by atoms with E-state index in [4.69, 9.17) is 0 Å². The van der Waals surface area contributed by atoms with Crippen molar-refractivity contribution in [2.24, 2.45) is 4.40 Å². The minimum absolute atomic E-state index is 0.0417.